The fourth-order valence-electron chi connectivity index (χ4n) is 1.57. The predicted octanol–water partition coefficient (Wildman–Crippen LogP) is 2.42. The van der Waals surface area contributed by atoms with Gasteiger partial charge in [0.2, 0.25) is 0 Å². The second-order valence-electron chi connectivity index (χ2n) is 4.35. The number of amides is 2. The number of halogens is 1. The number of carbonyl (C=O) groups excluding carboxylic acids is 1. The number of carbonyl (C=O) groups is 1. The molecule has 0 saturated carbocycles. The number of rotatable bonds is 5. The fourth-order valence-corrected chi connectivity index (χ4v) is 1.57. The third-order valence-electron chi connectivity index (χ3n) is 2.55. The quantitative estimate of drug-likeness (QED) is 0.755. The number of hydrogen-bond donors (Lipinski definition) is 3. The molecule has 0 aliphatic rings. The molecule has 0 bridgehead atoms. The minimum atomic E-state index is -0.451. The molecule has 1 aromatic rings. The SMILES string of the molecule is Cc1ccc(NC(=O)NC(C)CCCO)c(F)c1. The first kappa shape index (κ1) is 14.4. The van der Waals surface area contributed by atoms with E-state index in [1.165, 1.54) is 12.1 Å². The fraction of sp³-hybridized carbons (Fsp3) is 0.462. The number of anilines is 1. The lowest BCUT2D eigenvalue weighted by Crippen LogP contribution is -2.36. The van der Waals surface area contributed by atoms with E-state index in [9.17, 15) is 9.18 Å². The highest BCUT2D eigenvalue weighted by atomic mass is 19.1. The normalized spacial score (nSPS) is 12.0. The van der Waals surface area contributed by atoms with Crippen LogP contribution in [0, 0.1) is 12.7 Å². The Labute approximate surface area is 106 Å². The van der Waals surface area contributed by atoms with Crippen LogP contribution in [0.15, 0.2) is 18.2 Å². The van der Waals surface area contributed by atoms with E-state index < -0.39 is 11.8 Å². The van der Waals surface area contributed by atoms with Gasteiger partial charge in [0.05, 0.1) is 5.69 Å². The van der Waals surface area contributed by atoms with E-state index in [1.54, 1.807) is 13.0 Å². The highest BCUT2D eigenvalue weighted by molar-refractivity contribution is 5.89. The average molecular weight is 254 g/mol. The van der Waals surface area contributed by atoms with Gasteiger partial charge in [-0.1, -0.05) is 6.07 Å². The van der Waals surface area contributed by atoms with Gasteiger partial charge in [0.1, 0.15) is 5.82 Å². The number of aryl methyl sites for hydroxylation is 1. The zero-order chi connectivity index (χ0) is 13.5. The third-order valence-corrected chi connectivity index (χ3v) is 2.55. The number of benzene rings is 1. The van der Waals surface area contributed by atoms with E-state index >= 15 is 0 Å². The summed E-state index contributed by atoms with van der Waals surface area (Å²) in [6.07, 6.45) is 1.31. The van der Waals surface area contributed by atoms with Crippen LogP contribution in [0.2, 0.25) is 0 Å². The van der Waals surface area contributed by atoms with Gasteiger partial charge in [0, 0.05) is 12.6 Å². The van der Waals surface area contributed by atoms with Gasteiger partial charge in [0.25, 0.3) is 0 Å². The lowest BCUT2D eigenvalue weighted by molar-refractivity contribution is 0.245. The molecule has 0 aliphatic heterocycles. The molecule has 3 N–H and O–H groups in total. The largest absolute Gasteiger partial charge is 0.396 e. The molecule has 1 atom stereocenters. The molecule has 0 saturated heterocycles. The molecule has 0 aliphatic carbocycles. The molecule has 0 aromatic heterocycles. The highest BCUT2D eigenvalue weighted by Gasteiger charge is 2.09. The van der Waals surface area contributed by atoms with Gasteiger partial charge in [-0.05, 0) is 44.4 Å². The summed E-state index contributed by atoms with van der Waals surface area (Å²) < 4.78 is 13.5. The van der Waals surface area contributed by atoms with Gasteiger partial charge in [-0.3, -0.25) is 0 Å². The van der Waals surface area contributed by atoms with Crippen molar-refractivity contribution in [3.8, 4) is 0 Å². The lowest BCUT2D eigenvalue weighted by atomic mass is 10.2. The van der Waals surface area contributed by atoms with Crippen molar-refractivity contribution in [2.24, 2.45) is 0 Å². The third kappa shape index (κ3) is 4.71. The molecule has 1 unspecified atom stereocenters. The zero-order valence-corrected chi connectivity index (χ0v) is 10.7. The molecule has 5 heteroatoms. The molecule has 2 amide bonds. The maximum atomic E-state index is 13.5. The summed E-state index contributed by atoms with van der Waals surface area (Å²) in [6, 6.07) is 4.12. The van der Waals surface area contributed by atoms with Gasteiger partial charge in [0.15, 0.2) is 0 Å². The molecule has 4 nitrogen and oxygen atoms in total. The lowest BCUT2D eigenvalue weighted by Gasteiger charge is -2.14. The predicted molar refractivity (Wildman–Crippen MR) is 69.1 cm³/mol. The van der Waals surface area contributed by atoms with E-state index in [2.05, 4.69) is 10.6 Å². The first-order valence-electron chi connectivity index (χ1n) is 5.97. The van der Waals surface area contributed by atoms with Crippen LogP contribution in [0.3, 0.4) is 0 Å². The highest BCUT2D eigenvalue weighted by Crippen LogP contribution is 2.15. The Hall–Kier alpha value is -1.62. The molecular formula is C13H19FN2O2. The number of hydrogen-bond acceptors (Lipinski definition) is 2. The summed E-state index contributed by atoms with van der Waals surface area (Å²) in [4.78, 5) is 11.6. The minimum Gasteiger partial charge on any atom is -0.396 e. The van der Waals surface area contributed by atoms with Crippen molar-refractivity contribution < 1.29 is 14.3 Å². The van der Waals surface area contributed by atoms with Crippen molar-refractivity contribution in [1.29, 1.82) is 0 Å². The van der Waals surface area contributed by atoms with Gasteiger partial charge < -0.3 is 15.7 Å². The van der Waals surface area contributed by atoms with E-state index in [-0.39, 0.29) is 18.3 Å². The van der Waals surface area contributed by atoms with E-state index in [4.69, 9.17) is 5.11 Å². The Balaban J connectivity index is 2.49. The van der Waals surface area contributed by atoms with E-state index in [1.807, 2.05) is 6.92 Å². The van der Waals surface area contributed by atoms with Crippen molar-refractivity contribution in [2.45, 2.75) is 32.7 Å². The molecule has 18 heavy (non-hydrogen) atoms. The van der Waals surface area contributed by atoms with Gasteiger partial charge in [-0.2, -0.15) is 0 Å². The number of urea groups is 1. The van der Waals surface area contributed by atoms with Crippen molar-refractivity contribution in [3.05, 3.63) is 29.6 Å². The zero-order valence-electron chi connectivity index (χ0n) is 10.7. The first-order valence-corrected chi connectivity index (χ1v) is 5.97. The summed E-state index contributed by atoms with van der Waals surface area (Å²) in [5.74, 6) is -0.451. The standard InChI is InChI=1S/C13H19FN2O2/c1-9-5-6-12(11(14)8-9)16-13(18)15-10(2)4-3-7-17/h5-6,8,10,17H,3-4,7H2,1-2H3,(H2,15,16,18). The van der Waals surface area contributed by atoms with Crippen molar-refractivity contribution in [2.75, 3.05) is 11.9 Å². The van der Waals surface area contributed by atoms with Crippen LogP contribution in [0.5, 0.6) is 0 Å². The molecule has 0 spiro atoms. The van der Waals surface area contributed by atoms with Crippen LogP contribution in [0.4, 0.5) is 14.9 Å². The van der Waals surface area contributed by atoms with Crippen LogP contribution in [0.1, 0.15) is 25.3 Å². The van der Waals surface area contributed by atoms with Crippen molar-refractivity contribution in [3.63, 3.8) is 0 Å². The first-order chi connectivity index (χ1) is 8.52. The maximum absolute atomic E-state index is 13.5. The summed E-state index contributed by atoms with van der Waals surface area (Å²) >= 11 is 0. The Bertz CT molecular complexity index is 410. The Morgan fingerprint density at radius 3 is 2.83 bits per heavy atom. The van der Waals surface area contributed by atoms with Crippen molar-refractivity contribution >= 4 is 11.7 Å². The summed E-state index contributed by atoms with van der Waals surface area (Å²) in [5, 5.41) is 13.8. The van der Waals surface area contributed by atoms with Crippen LogP contribution < -0.4 is 10.6 Å². The topological polar surface area (TPSA) is 61.4 Å². The second kappa shape index (κ2) is 6.96. The minimum absolute atomic E-state index is 0.0642. The molecule has 100 valence electrons. The van der Waals surface area contributed by atoms with Crippen LogP contribution in [0.25, 0.3) is 0 Å². The Morgan fingerprint density at radius 1 is 1.50 bits per heavy atom. The van der Waals surface area contributed by atoms with Crippen LogP contribution in [-0.2, 0) is 0 Å². The van der Waals surface area contributed by atoms with Crippen molar-refractivity contribution in [1.82, 2.24) is 5.32 Å². The Morgan fingerprint density at radius 2 is 2.22 bits per heavy atom. The van der Waals surface area contributed by atoms with Gasteiger partial charge >= 0.3 is 6.03 Å². The molecule has 1 rings (SSSR count). The van der Waals surface area contributed by atoms with Crippen LogP contribution >= 0.6 is 0 Å². The maximum Gasteiger partial charge on any atom is 0.319 e. The molecule has 0 radical (unpaired) electrons. The molecule has 1 aromatic carbocycles. The molecule has 0 fully saturated rings. The monoisotopic (exact) mass is 254 g/mol. The van der Waals surface area contributed by atoms with E-state index in [0.717, 1.165) is 5.56 Å². The van der Waals surface area contributed by atoms with Gasteiger partial charge in [-0.25, -0.2) is 9.18 Å². The summed E-state index contributed by atoms with van der Waals surface area (Å²) in [7, 11) is 0. The Kier molecular flexibility index (Phi) is 5.58. The second-order valence-corrected chi connectivity index (χ2v) is 4.35. The molecule has 0 heterocycles. The average Bonchev–Trinajstić information content (AvgIpc) is 2.30. The summed E-state index contributed by atoms with van der Waals surface area (Å²) in [6.45, 7) is 3.71. The molecular weight excluding hydrogens is 235 g/mol. The van der Waals surface area contributed by atoms with Gasteiger partial charge in [-0.15, -0.1) is 0 Å². The number of aliphatic hydroxyl groups excluding tert-OH is 1. The van der Waals surface area contributed by atoms with E-state index in [0.29, 0.717) is 12.8 Å². The summed E-state index contributed by atoms with van der Waals surface area (Å²) in [5.41, 5.74) is 0.960. The number of aliphatic hydroxyl groups is 1. The van der Waals surface area contributed by atoms with Crippen LogP contribution in [-0.4, -0.2) is 23.8 Å². The smallest absolute Gasteiger partial charge is 0.319 e. The number of nitrogens with one attached hydrogen (secondary N) is 2.